The summed E-state index contributed by atoms with van der Waals surface area (Å²) in [6.07, 6.45) is -3.48. The molecule has 0 aliphatic rings. The summed E-state index contributed by atoms with van der Waals surface area (Å²) in [6.45, 7) is 0. The van der Waals surface area contributed by atoms with Gasteiger partial charge < -0.3 is 9.84 Å². The molecule has 1 heterocycles. The molecule has 0 aliphatic carbocycles. The molecule has 8 heteroatoms. The van der Waals surface area contributed by atoms with Crippen molar-refractivity contribution in [3.8, 4) is 11.6 Å². The van der Waals surface area contributed by atoms with Crippen molar-refractivity contribution >= 4 is 21.9 Å². The number of pyridine rings is 1. The summed E-state index contributed by atoms with van der Waals surface area (Å²) in [7, 11) is 0. The van der Waals surface area contributed by atoms with Gasteiger partial charge in [-0.3, -0.25) is 0 Å². The van der Waals surface area contributed by atoms with Gasteiger partial charge in [0.1, 0.15) is 11.3 Å². The van der Waals surface area contributed by atoms with Gasteiger partial charge in [-0.05, 0) is 40.2 Å². The molecule has 0 atom stereocenters. The highest BCUT2D eigenvalue weighted by molar-refractivity contribution is 9.10. The number of hydrogen-bond donors (Lipinski definition) is 1. The zero-order chi connectivity index (χ0) is 15.6. The van der Waals surface area contributed by atoms with Gasteiger partial charge in [0.05, 0.1) is 5.56 Å². The summed E-state index contributed by atoms with van der Waals surface area (Å²) in [5, 5.41) is 8.84. The normalized spacial score (nSPS) is 11.2. The fourth-order valence-corrected chi connectivity index (χ4v) is 1.85. The van der Waals surface area contributed by atoms with Crippen molar-refractivity contribution < 1.29 is 27.8 Å². The number of benzene rings is 1. The van der Waals surface area contributed by atoms with Gasteiger partial charge >= 0.3 is 12.1 Å². The van der Waals surface area contributed by atoms with Gasteiger partial charge in [-0.2, -0.15) is 13.2 Å². The van der Waals surface area contributed by atoms with Crippen molar-refractivity contribution in [2.45, 2.75) is 6.18 Å². The monoisotopic (exact) mass is 361 g/mol. The summed E-state index contributed by atoms with van der Waals surface area (Å²) < 4.78 is 43.9. The Morgan fingerprint density at radius 3 is 2.62 bits per heavy atom. The molecule has 0 saturated carbocycles. The molecular formula is C13H7BrF3NO3. The molecule has 0 aliphatic heterocycles. The van der Waals surface area contributed by atoms with E-state index in [4.69, 9.17) is 9.84 Å². The second kappa shape index (κ2) is 5.72. The van der Waals surface area contributed by atoms with E-state index in [1.807, 2.05) is 0 Å². The highest BCUT2D eigenvalue weighted by Crippen LogP contribution is 2.38. The number of nitrogens with zero attached hydrogens (tertiary/aromatic N) is 1. The summed E-state index contributed by atoms with van der Waals surface area (Å²) >= 11 is 2.91. The van der Waals surface area contributed by atoms with Crippen molar-refractivity contribution in [2.24, 2.45) is 0 Å². The first kappa shape index (κ1) is 15.3. The van der Waals surface area contributed by atoms with Crippen LogP contribution in [-0.2, 0) is 6.18 Å². The molecule has 1 aromatic heterocycles. The standard InChI is InChI=1S/C13H7BrF3NO3/c14-8-5-10(13(15,16)17)11(18-6-8)21-9-3-1-2-7(4-9)12(19)20/h1-6H,(H,19,20). The Bertz CT molecular complexity index is 689. The summed E-state index contributed by atoms with van der Waals surface area (Å²) in [5.41, 5.74) is -1.16. The van der Waals surface area contributed by atoms with Crippen LogP contribution in [0.4, 0.5) is 13.2 Å². The van der Waals surface area contributed by atoms with Crippen molar-refractivity contribution in [3.05, 3.63) is 52.1 Å². The number of carbonyl (C=O) groups is 1. The van der Waals surface area contributed by atoms with E-state index in [9.17, 15) is 18.0 Å². The average Bonchev–Trinajstić information content (AvgIpc) is 2.40. The molecule has 110 valence electrons. The number of ether oxygens (including phenoxy) is 1. The van der Waals surface area contributed by atoms with E-state index in [0.29, 0.717) is 0 Å². The molecule has 21 heavy (non-hydrogen) atoms. The zero-order valence-electron chi connectivity index (χ0n) is 10.2. The highest BCUT2D eigenvalue weighted by Gasteiger charge is 2.35. The first-order valence-electron chi connectivity index (χ1n) is 5.51. The molecule has 0 spiro atoms. The molecular weight excluding hydrogens is 355 g/mol. The minimum absolute atomic E-state index is 0.0461. The molecule has 0 saturated heterocycles. The van der Waals surface area contributed by atoms with Crippen LogP contribution in [0.2, 0.25) is 0 Å². The van der Waals surface area contributed by atoms with Gasteiger partial charge in [-0.1, -0.05) is 6.07 Å². The van der Waals surface area contributed by atoms with Crippen LogP contribution in [-0.4, -0.2) is 16.1 Å². The van der Waals surface area contributed by atoms with E-state index in [1.54, 1.807) is 0 Å². The molecule has 0 fully saturated rings. The first-order valence-corrected chi connectivity index (χ1v) is 6.30. The lowest BCUT2D eigenvalue weighted by atomic mass is 10.2. The number of aromatic carboxylic acids is 1. The number of carboxylic acids is 1. The SMILES string of the molecule is O=C(O)c1cccc(Oc2ncc(Br)cc2C(F)(F)F)c1. The molecule has 2 rings (SSSR count). The topological polar surface area (TPSA) is 59.4 Å². The maximum Gasteiger partial charge on any atom is 0.421 e. The van der Waals surface area contributed by atoms with Crippen LogP contribution in [0.1, 0.15) is 15.9 Å². The second-order valence-electron chi connectivity index (χ2n) is 3.94. The summed E-state index contributed by atoms with van der Waals surface area (Å²) in [4.78, 5) is 14.4. The molecule has 1 aromatic carbocycles. The van der Waals surface area contributed by atoms with Gasteiger partial charge in [0, 0.05) is 10.7 Å². The Balaban J connectivity index is 2.40. The highest BCUT2D eigenvalue weighted by atomic mass is 79.9. The van der Waals surface area contributed by atoms with Gasteiger partial charge in [0.25, 0.3) is 0 Å². The number of alkyl halides is 3. The lowest BCUT2D eigenvalue weighted by Crippen LogP contribution is -2.08. The van der Waals surface area contributed by atoms with Crippen LogP contribution in [0.5, 0.6) is 11.6 Å². The lowest BCUT2D eigenvalue weighted by Gasteiger charge is -2.13. The van der Waals surface area contributed by atoms with Gasteiger partial charge in [-0.15, -0.1) is 0 Å². The second-order valence-corrected chi connectivity index (χ2v) is 4.85. The van der Waals surface area contributed by atoms with Crippen molar-refractivity contribution in [3.63, 3.8) is 0 Å². The van der Waals surface area contributed by atoms with E-state index >= 15 is 0 Å². The van der Waals surface area contributed by atoms with Crippen molar-refractivity contribution in [1.29, 1.82) is 0 Å². The van der Waals surface area contributed by atoms with Crippen molar-refractivity contribution in [2.75, 3.05) is 0 Å². The smallest absolute Gasteiger partial charge is 0.421 e. The van der Waals surface area contributed by atoms with Crippen LogP contribution in [0, 0.1) is 0 Å². The minimum Gasteiger partial charge on any atom is -0.478 e. The minimum atomic E-state index is -4.64. The Morgan fingerprint density at radius 2 is 2.00 bits per heavy atom. The van der Waals surface area contributed by atoms with Gasteiger partial charge in [-0.25, -0.2) is 9.78 Å². The number of rotatable bonds is 3. The van der Waals surface area contributed by atoms with Crippen molar-refractivity contribution in [1.82, 2.24) is 4.98 Å². The van der Waals surface area contributed by atoms with Gasteiger partial charge in [0.15, 0.2) is 0 Å². The summed E-state index contributed by atoms with van der Waals surface area (Å²) in [5.74, 6) is -1.90. The predicted octanol–water partition coefficient (Wildman–Crippen LogP) is 4.35. The van der Waals surface area contributed by atoms with Crippen LogP contribution in [0.25, 0.3) is 0 Å². The number of carboxylic acid groups (broad SMARTS) is 1. The molecule has 4 nitrogen and oxygen atoms in total. The molecule has 0 unspecified atom stereocenters. The Hall–Kier alpha value is -2.09. The largest absolute Gasteiger partial charge is 0.478 e. The van der Waals surface area contributed by atoms with E-state index in [0.717, 1.165) is 18.3 Å². The third kappa shape index (κ3) is 3.72. The molecule has 1 N–H and O–H groups in total. The number of aromatic nitrogens is 1. The number of halogens is 4. The average molecular weight is 362 g/mol. The van der Waals surface area contributed by atoms with Crippen LogP contribution >= 0.6 is 15.9 Å². The summed E-state index contributed by atoms with van der Waals surface area (Å²) in [6, 6.07) is 5.96. The molecule has 0 radical (unpaired) electrons. The fraction of sp³-hybridized carbons (Fsp3) is 0.0769. The van der Waals surface area contributed by atoms with Crippen LogP contribution in [0.3, 0.4) is 0 Å². The zero-order valence-corrected chi connectivity index (χ0v) is 11.8. The Kier molecular flexibility index (Phi) is 4.17. The maximum atomic E-state index is 12.9. The third-order valence-corrected chi connectivity index (χ3v) is 2.85. The lowest BCUT2D eigenvalue weighted by molar-refractivity contribution is -0.138. The Morgan fingerprint density at radius 1 is 1.29 bits per heavy atom. The number of hydrogen-bond acceptors (Lipinski definition) is 3. The van der Waals surface area contributed by atoms with E-state index in [1.165, 1.54) is 18.2 Å². The van der Waals surface area contributed by atoms with Gasteiger partial charge in [0.2, 0.25) is 5.88 Å². The van der Waals surface area contributed by atoms with E-state index in [-0.39, 0.29) is 15.8 Å². The van der Waals surface area contributed by atoms with Crippen LogP contribution in [0.15, 0.2) is 41.0 Å². The van der Waals surface area contributed by atoms with E-state index < -0.39 is 23.6 Å². The van der Waals surface area contributed by atoms with Crippen LogP contribution < -0.4 is 4.74 Å². The third-order valence-electron chi connectivity index (χ3n) is 2.42. The predicted molar refractivity (Wildman–Crippen MR) is 70.4 cm³/mol. The maximum absolute atomic E-state index is 12.9. The molecule has 2 aromatic rings. The quantitative estimate of drug-likeness (QED) is 0.882. The Labute approximate surface area is 125 Å². The first-order chi connectivity index (χ1) is 9.77. The van der Waals surface area contributed by atoms with E-state index in [2.05, 4.69) is 20.9 Å². The fourth-order valence-electron chi connectivity index (χ4n) is 1.52. The molecule has 0 amide bonds. The molecule has 0 bridgehead atoms.